The summed E-state index contributed by atoms with van der Waals surface area (Å²) in [5, 5.41) is 0. The Bertz CT molecular complexity index is 563. The van der Waals surface area contributed by atoms with E-state index in [1.165, 1.54) is 7.11 Å². The lowest BCUT2D eigenvalue weighted by atomic mass is 9.96. The molecule has 0 aliphatic carbocycles. The van der Waals surface area contributed by atoms with Crippen LogP contribution in [0.15, 0.2) is 18.2 Å². The summed E-state index contributed by atoms with van der Waals surface area (Å²) in [4.78, 5) is 25.7. The molecule has 0 atom stereocenters. The SMILES string of the molecule is COC(=O)C1CCN(C(=O)c2ccc3c(c2)OCO3)CC1. The first-order valence-electron chi connectivity index (χ1n) is 6.96. The molecular weight excluding hydrogens is 274 g/mol. The summed E-state index contributed by atoms with van der Waals surface area (Å²) in [5.41, 5.74) is 0.579. The van der Waals surface area contributed by atoms with Gasteiger partial charge in [0.05, 0.1) is 13.0 Å². The van der Waals surface area contributed by atoms with E-state index >= 15 is 0 Å². The molecule has 1 fully saturated rings. The number of methoxy groups -OCH3 is 1. The number of hydrogen-bond acceptors (Lipinski definition) is 5. The van der Waals surface area contributed by atoms with Crippen molar-refractivity contribution in [2.75, 3.05) is 27.0 Å². The Morgan fingerprint density at radius 3 is 2.62 bits per heavy atom. The number of benzene rings is 1. The van der Waals surface area contributed by atoms with Crippen LogP contribution in [0.3, 0.4) is 0 Å². The second kappa shape index (κ2) is 5.63. The topological polar surface area (TPSA) is 65.1 Å². The quantitative estimate of drug-likeness (QED) is 0.771. The number of fused-ring (bicyclic) bond motifs is 1. The lowest BCUT2D eigenvalue weighted by Crippen LogP contribution is -2.40. The van der Waals surface area contributed by atoms with Crippen molar-refractivity contribution in [2.24, 2.45) is 5.92 Å². The number of carbonyl (C=O) groups is 2. The van der Waals surface area contributed by atoms with Gasteiger partial charge in [-0.05, 0) is 31.0 Å². The molecule has 6 nitrogen and oxygen atoms in total. The Morgan fingerprint density at radius 1 is 1.19 bits per heavy atom. The third-order valence-corrected chi connectivity index (χ3v) is 3.94. The summed E-state index contributed by atoms with van der Waals surface area (Å²) in [6, 6.07) is 5.19. The number of carbonyl (C=O) groups excluding carboxylic acids is 2. The molecule has 0 radical (unpaired) electrons. The van der Waals surface area contributed by atoms with Crippen LogP contribution in [-0.2, 0) is 9.53 Å². The van der Waals surface area contributed by atoms with Crippen molar-refractivity contribution in [1.82, 2.24) is 4.90 Å². The maximum atomic E-state index is 12.5. The summed E-state index contributed by atoms with van der Waals surface area (Å²) in [7, 11) is 1.40. The molecule has 1 saturated heterocycles. The number of hydrogen-bond donors (Lipinski definition) is 0. The Labute approximate surface area is 122 Å². The molecule has 112 valence electrons. The van der Waals surface area contributed by atoms with E-state index in [0.29, 0.717) is 43.0 Å². The van der Waals surface area contributed by atoms with Gasteiger partial charge in [0, 0.05) is 18.7 Å². The standard InChI is InChI=1S/C15H17NO5/c1-19-15(18)10-4-6-16(7-5-10)14(17)11-2-3-12-13(8-11)21-9-20-12/h2-3,8,10H,4-7,9H2,1H3. The van der Waals surface area contributed by atoms with E-state index in [-0.39, 0.29) is 24.6 Å². The minimum Gasteiger partial charge on any atom is -0.469 e. The Morgan fingerprint density at radius 2 is 1.90 bits per heavy atom. The maximum Gasteiger partial charge on any atom is 0.308 e. The highest BCUT2D eigenvalue weighted by Gasteiger charge is 2.29. The van der Waals surface area contributed by atoms with Crippen LogP contribution in [0.25, 0.3) is 0 Å². The van der Waals surface area contributed by atoms with Crippen molar-refractivity contribution in [1.29, 1.82) is 0 Å². The van der Waals surface area contributed by atoms with E-state index in [1.54, 1.807) is 23.1 Å². The average Bonchev–Trinajstić information content (AvgIpc) is 3.01. The molecule has 0 bridgehead atoms. The molecule has 0 aromatic heterocycles. The number of likely N-dealkylation sites (tertiary alicyclic amines) is 1. The number of rotatable bonds is 2. The molecule has 0 N–H and O–H groups in total. The normalized spacial score (nSPS) is 17.7. The first-order valence-corrected chi connectivity index (χ1v) is 6.96. The van der Waals surface area contributed by atoms with Crippen LogP contribution in [0.5, 0.6) is 11.5 Å². The molecule has 0 spiro atoms. The fraction of sp³-hybridized carbons (Fsp3) is 0.467. The summed E-state index contributed by atoms with van der Waals surface area (Å²) in [6.45, 7) is 1.32. The zero-order chi connectivity index (χ0) is 14.8. The monoisotopic (exact) mass is 291 g/mol. The van der Waals surface area contributed by atoms with Gasteiger partial charge in [-0.15, -0.1) is 0 Å². The fourth-order valence-corrected chi connectivity index (χ4v) is 2.70. The van der Waals surface area contributed by atoms with Crippen LogP contribution in [0.1, 0.15) is 23.2 Å². The third kappa shape index (κ3) is 2.66. The fourth-order valence-electron chi connectivity index (χ4n) is 2.70. The number of piperidine rings is 1. The molecule has 3 rings (SSSR count). The summed E-state index contributed by atoms with van der Waals surface area (Å²) in [5.74, 6) is 0.929. The van der Waals surface area contributed by atoms with Crippen LogP contribution in [0.4, 0.5) is 0 Å². The zero-order valence-corrected chi connectivity index (χ0v) is 11.8. The second-order valence-corrected chi connectivity index (χ2v) is 5.16. The Hall–Kier alpha value is -2.24. The lowest BCUT2D eigenvalue weighted by Gasteiger charge is -2.30. The van der Waals surface area contributed by atoms with Crippen molar-refractivity contribution in [2.45, 2.75) is 12.8 Å². The van der Waals surface area contributed by atoms with Crippen molar-refractivity contribution in [3.05, 3.63) is 23.8 Å². The van der Waals surface area contributed by atoms with E-state index in [4.69, 9.17) is 14.2 Å². The minimum absolute atomic E-state index is 0.0448. The van der Waals surface area contributed by atoms with Gasteiger partial charge < -0.3 is 19.1 Å². The van der Waals surface area contributed by atoms with Crippen molar-refractivity contribution >= 4 is 11.9 Å². The maximum absolute atomic E-state index is 12.5. The van der Waals surface area contributed by atoms with Crippen molar-refractivity contribution in [3.63, 3.8) is 0 Å². The van der Waals surface area contributed by atoms with Gasteiger partial charge in [0.25, 0.3) is 5.91 Å². The van der Waals surface area contributed by atoms with Gasteiger partial charge in [-0.3, -0.25) is 9.59 Å². The van der Waals surface area contributed by atoms with Crippen LogP contribution in [0, 0.1) is 5.92 Å². The molecule has 2 aliphatic rings. The predicted octanol–water partition coefficient (Wildman–Crippen LogP) is 1.44. The number of amides is 1. The van der Waals surface area contributed by atoms with E-state index in [1.807, 2.05) is 0 Å². The van der Waals surface area contributed by atoms with Gasteiger partial charge in [-0.2, -0.15) is 0 Å². The number of ether oxygens (including phenoxy) is 3. The highest BCUT2D eigenvalue weighted by atomic mass is 16.7. The Kier molecular flexibility index (Phi) is 3.68. The van der Waals surface area contributed by atoms with Crippen LogP contribution in [0.2, 0.25) is 0 Å². The average molecular weight is 291 g/mol. The highest BCUT2D eigenvalue weighted by Crippen LogP contribution is 2.33. The van der Waals surface area contributed by atoms with E-state index in [2.05, 4.69) is 0 Å². The molecule has 1 amide bonds. The smallest absolute Gasteiger partial charge is 0.308 e. The molecular formula is C15H17NO5. The lowest BCUT2D eigenvalue weighted by molar-refractivity contribution is -0.146. The molecule has 2 heterocycles. The van der Waals surface area contributed by atoms with Crippen LogP contribution >= 0.6 is 0 Å². The first kappa shape index (κ1) is 13.7. The highest BCUT2D eigenvalue weighted by molar-refractivity contribution is 5.95. The molecule has 0 saturated carbocycles. The molecule has 0 unspecified atom stereocenters. The Balaban J connectivity index is 1.65. The zero-order valence-electron chi connectivity index (χ0n) is 11.8. The van der Waals surface area contributed by atoms with Crippen molar-refractivity contribution < 1.29 is 23.8 Å². The summed E-state index contributed by atoms with van der Waals surface area (Å²) >= 11 is 0. The van der Waals surface area contributed by atoms with Gasteiger partial charge in [0.1, 0.15) is 0 Å². The first-order chi connectivity index (χ1) is 10.2. The van der Waals surface area contributed by atoms with Gasteiger partial charge in [-0.1, -0.05) is 0 Å². The van der Waals surface area contributed by atoms with Gasteiger partial charge in [0.15, 0.2) is 11.5 Å². The van der Waals surface area contributed by atoms with Gasteiger partial charge >= 0.3 is 5.97 Å². The number of esters is 1. The van der Waals surface area contributed by atoms with E-state index in [9.17, 15) is 9.59 Å². The van der Waals surface area contributed by atoms with E-state index < -0.39 is 0 Å². The largest absolute Gasteiger partial charge is 0.469 e. The molecule has 1 aromatic carbocycles. The van der Waals surface area contributed by atoms with Crippen LogP contribution < -0.4 is 9.47 Å². The molecule has 1 aromatic rings. The molecule has 6 heteroatoms. The molecule has 21 heavy (non-hydrogen) atoms. The van der Waals surface area contributed by atoms with Crippen molar-refractivity contribution in [3.8, 4) is 11.5 Å². The van der Waals surface area contributed by atoms with Gasteiger partial charge in [0.2, 0.25) is 6.79 Å². The molecule has 2 aliphatic heterocycles. The summed E-state index contributed by atoms with van der Waals surface area (Å²) < 4.78 is 15.3. The second-order valence-electron chi connectivity index (χ2n) is 5.16. The minimum atomic E-state index is -0.190. The number of nitrogens with zero attached hydrogens (tertiary/aromatic N) is 1. The predicted molar refractivity (Wildman–Crippen MR) is 73.2 cm³/mol. The third-order valence-electron chi connectivity index (χ3n) is 3.94. The van der Waals surface area contributed by atoms with Crippen LogP contribution in [-0.4, -0.2) is 43.8 Å². The summed E-state index contributed by atoms with van der Waals surface area (Å²) in [6.07, 6.45) is 1.28. The van der Waals surface area contributed by atoms with E-state index in [0.717, 1.165) is 0 Å². The van der Waals surface area contributed by atoms with Gasteiger partial charge in [-0.25, -0.2) is 0 Å².